The van der Waals surface area contributed by atoms with Crippen LogP contribution in [0, 0.1) is 13.8 Å². The lowest BCUT2D eigenvalue weighted by atomic mass is 10.1. The molecule has 2 aromatic heterocycles. The number of rotatable bonds is 9. The van der Waals surface area contributed by atoms with E-state index in [1.807, 2.05) is 57.1 Å². The number of nitrogens with zero attached hydrogens (tertiary/aromatic N) is 4. The third kappa shape index (κ3) is 5.29. The van der Waals surface area contributed by atoms with Gasteiger partial charge < -0.3 is 14.4 Å². The molecule has 0 saturated heterocycles. The van der Waals surface area contributed by atoms with Crippen LogP contribution in [-0.2, 0) is 32.8 Å². The largest absolute Gasteiger partial charge is 0.496 e. The molecule has 0 spiro atoms. The summed E-state index contributed by atoms with van der Waals surface area (Å²) < 4.78 is 25.9. The van der Waals surface area contributed by atoms with Crippen molar-refractivity contribution in [3.05, 3.63) is 47.3 Å². The highest BCUT2D eigenvalue weighted by molar-refractivity contribution is 7.84. The summed E-state index contributed by atoms with van der Waals surface area (Å²) >= 11 is 0. The van der Waals surface area contributed by atoms with Crippen LogP contribution in [0.25, 0.3) is 11.0 Å². The van der Waals surface area contributed by atoms with Gasteiger partial charge in [-0.2, -0.15) is 0 Å². The maximum atomic E-state index is 13.3. The number of hydrogen-bond acceptors (Lipinski definition) is 7. The fraction of sp³-hybridized carbons (Fsp3) is 0.409. The quantitative estimate of drug-likeness (QED) is 0.469. The maximum absolute atomic E-state index is 13.3. The van der Waals surface area contributed by atoms with Gasteiger partial charge in [-0.25, -0.2) is 4.98 Å². The zero-order valence-electron chi connectivity index (χ0n) is 18.5. The number of ether oxygens (including phenoxy) is 2. The maximum Gasteiger partial charge on any atom is 0.308 e. The Hall–Kier alpha value is -2.78. The second-order valence-corrected chi connectivity index (χ2v) is 8.89. The third-order valence-electron chi connectivity index (χ3n) is 4.96. The van der Waals surface area contributed by atoms with Crippen molar-refractivity contribution < 1.29 is 18.5 Å². The number of aryl methyl sites for hydroxylation is 1. The van der Waals surface area contributed by atoms with Crippen molar-refractivity contribution in [3.63, 3.8) is 0 Å². The highest BCUT2D eigenvalue weighted by Crippen LogP contribution is 2.26. The molecule has 2 heterocycles. The van der Waals surface area contributed by atoms with Crippen molar-refractivity contribution in [3.8, 4) is 5.75 Å². The standard InChI is InChI=1S/C22H28N4O4S/c1-15-12-23-18(16(2)21(15)29-5)13-31(28)22-24-17-8-6-7-9-19(17)26(22)14-30-20(27)10-11-25(3)4/h6-9,12H,10-11,13-14H2,1-5H3. The predicted molar refractivity (Wildman–Crippen MR) is 119 cm³/mol. The molecule has 0 aliphatic carbocycles. The first-order valence-electron chi connectivity index (χ1n) is 9.95. The number of carbonyl (C=O) groups is 1. The molecule has 0 amide bonds. The number of pyridine rings is 1. The van der Waals surface area contributed by atoms with Crippen molar-refractivity contribution in [2.45, 2.75) is 37.9 Å². The lowest BCUT2D eigenvalue weighted by Gasteiger charge is -2.13. The predicted octanol–water partition coefficient (Wildman–Crippen LogP) is 2.82. The molecule has 1 atom stereocenters. The van der Waals surface area contributed by atoms with Crippen LogP contribution in [0.4, 0.5) is 0 Å². The Balaban J connectivity index is 1.87. The SMILES string of the molecule is COc1c(C)cnc(CS(=O)c2nc3ccccc3n2COC(=O)CCN(C)C)c1C. The Labute approximate surface area is 184 Å². The first kappa shape index (κ1) is 22.9. The van der Waals surface area contributed by atoms with Gasteiger partial charge in [0.2, 0.25) is 5.16 Å². The van der Waals surface area contributed by atoms with Gasteiger partial charge >= 0.3 is 5.97 Å². The molecule has 166 valence electrons. The number of methoxy groups -OCH3 is 1. The van der Waals surface area contributed by atoms with Gasteiger partial charge in [0.25, 0.3) is 0 Å². The molecule has 0 aliphatic heterocycles. The van der Waals surface area contributed by atoms with Crippen LogP contribution in [0.1, 0.15) is 23.2 Å². The zero-order chi connectivity index (χ0) is 22.5. The number of fused-ring (bicyclic) bond motifs is 1. The van der Waals surface area contributed by atoms with Crippen LogP contribution in [-0.4, -0.2) is 57.4 Å². The van der Waals surface area contributed by atoms with Crippen molar-refractivity contribution in [1.82, 2.24) is 19.4 Å². The van der Waals surface area contributed by atoms with E-state index in [4.69, 9.17) is 9.47 Å². The van der Waals surface area contributed by atoms with Crippen LogP contribution in [0.15, 0.2) is 35.6 Å². The second-order valence-electron chi connectivity index (χ2n) is 7.55. The van der Waals surface area contributed by atoms with Gasteiger partial charge in [0, 0.05) is 23.9 Å². The molecule has 3 aromatic rings. The molecular weight excluding hydrogens is 416 g/mol. The van der Waals surface area contributed by atoms with E-state index in [-0.39, 0.29) is 24.9 Å². The van der Waals surface area contributed by atoms with Gasteiger partial charge in [0.15, 0.2) is 6.73 Å². The number of benzene rings is 1. The summed E-state index contributed by atoms with van der Waals surface area (Å²) in [6.07, 6.45) is 2.00. The lowest BCUT2D eigenvalue weighted by molar-refractivity contribution is -0.147. The Kier molecular flexibility index (Phi) is 7.40. The van der Waals surface area contributed by atoms with E-state index in [2.05, 4.69) is 9.97 Å². The Morgan fingerprint density at radius 3 is 2.68 bits per heavy atom. The highest BCUT2D eigenvalue weighted by Gasteiger charge is 2.20. The Bertz CT molecular complexity index is 1110. The summed E-state index contributed by atoms with van der Waals surface area (Å²) in [5, 5.41) is 0.349. The first-order chi connectivity index (χ1) is 14.8. The summed E-state index contributed by atoms with van der Waals surface area (Å²) in [5.74, 6) is 0.606. The van der Waals surface area contributed by atoms with Gasteiger partial charge in [-0.05, 0) is 40.1 Å². The van der Waals surface area contributed by atoms with E-state index in [9.17, 15) is 9.00 Å². The van der Waals surface area contributed by atoms with Crippen LogP contribution < -0.4 is 4.74 Å². The van der Waals surface area contributed by atoms with Crippen molar-refractivity contribution in [2.75, 3.05) is 27.7 Å². The van der Waals surface area contributed by atoms with Gasteiger partial charge in [0.1, 0.15) is 5.75 Å². The van der Waals surface area contributed by atoms with Crippen LogP contribution >= 0.6 is 0 Å². The normalized spacial score (nSPS) is 12.3. The molecule has 1 aromatic carbocycles. The van der Waals surface area contributed by atoms with E-state index in [1.165, 1.54) is 0 Å². The summed E-state index contributed by atoms with van der Waals surface area (Å²) in [5.41, 5.74) is 3.92. The number of aromatic nitrogens is 3. The van der Waals surface area contributed by atoms with Gasteiger partial charge in [0.05, 0.1) is 46.8 Å². The molecule has 3 rings (SSSR count). The average Bonchev–Trinajstić information content (AvgIpc) is 3.12. The van der Waals surface area contributed by atoms with Crippen molar-refractivity contribution in [2.24, 2.45) is 0 Å². The number of hydrogen-bond donors (Lipinski definition) is 0. The van der Waals surface area contributed by atoms with Gasteiger partial charge in [-0.15, -0.1) is 0 Å². The molecule has 0 N–H and O–H groups in total. The van der Waals surface area contributed by atoms with Crippen molar-refractivity contribution in [1.29, 1.82) is 0 Å². The minimum atomic E-state index is -1.50. The number of imidazole rings is 1. The highest BCUT2D eigenvalue weighted by atomic mass is 32.2. The van der Waals surface area contributed by atoms with Crippen LogP contribution in [0.5, 0.6) is 5.75 Å². The molecule has 0 aliphatic rings. The fourth-order valence-corrected chi connectivity index (χ4v) is 4.55. The summed E-state index contributed by atoms with van der Waals surface area (Å²) in [4.78, 5) is 23.0. The molecule has 0 bridgehead atoms. The van der Waals surface area contributed by atoms with E-state index in [1.54, 1.807) is 17.9 Å². The average molecular weight is 445 g/mol. The van der Waals surface area contributed by atoms with E-state index in [0.29, 0.717) is 22.9 Å². The number of para-hydroxylation sites is 2. The number of esters is 1. The molecule has 0 saturated carbocycles. The molecule has 31 heavy (non-hydrogen) atoms. The Morgan fingerprint density at radius 1 is 1.23 bits per heavy atom. The summed E-state index contributed by atoms with van der Waals surface area (Å²) in [6, 6.07) is 7.46. The van der Waals surface area contributed by atoms with E-state index < -0.39 is 10.8 Å². The topological polar surface area (TPSA) is 86.5 Å². The smallest absolute Gasteiger partial charge is 0.308 e. The minimum Gasteiger partial charge on any atom is -0.496 e. The molecular formula is C22H28N4O4S. The van der Waals surface area contributed by atoms with Crippen LogP contribution in [0.2, 0.25) is 0 Å². The molecule has 0 fully saturated rings. The minimum absolute atomic E-state index is 0.0442. The summed E-state index contributed by atoms with van der Waals surface area (Å²) in [6.45, 7) is 4.38. The Morgan fingerprint density at radius 2 is 1.97 bits per heavy atom. The fourth-order valence-electron chi connectivity index (χ4n) is 3.28. The second kappa shape index (κ2) is 10.0. The monoisotopic (exact) mass is 444 g/mol. The van der Waals surface area contributed by atoms with Gasteiger partial charge in [-0.1, -0.05) is 12.1 Å². The van der Waals surface area contributed by atoms with Crippen molar-refractivity contribution >= 4 is 27.8 Å². The molecule has 1 unspecified atom stereocenters. The van der Waals surface area contributed by atoms with E-state index >= 15 is 0 Å². The number of carbonyl (C=O) groups excluding carboxylic acids is 1. The first-order valence-corrected chi connectivity index (χ1v) is 11.3. The van der Waals surface area contributed by atoms with Gasteiger partial charge in [-0.3, -0.25) is 18.6 Å². The lowest BCUT2D eigenvalue weighted by Crippen LogP contribution is -2.19. The molecule has 0 radical (unpaired) electrons. The third-order valence-corrected chi connectivity index (χ3v) is 6.21. The van der Waals surface area contributed by atoms with Crippen LogP contribution in [0.3, 0.4) is 0 Å². The molecule has 9 heteroatoms. The zero-order valence-corrected chi connectivity index (χ0v) is 19.4. The molecule has 8 nitrogen and oxygen atoms in total. The van der Waals surface area contributed by atoms with E-state index in [0.717, 1.165) is 22.4 Å². The summed E-state index contributed by atoms with van der Waals surface area (Å²) in [7, 11) is 3.91.